The maximum atomic E-state index is 11.6. The van der Waals surface area contributed by atoms with Crippen molar-refractivity contribution in [2.45, 2.75) is 56.9 Å². The zero-order chi connectivity index (χ0) is 31.5. The molecule has 0 heterocycles. The molecule has 0 aliphatic carbocycles. The van der Waals surface area contributed by atoms with Gasteiger partial charge in [-0.3, -0.25) is 0 Å². The molecule has 2 N–H and O–H groups in total. The quantitative estimate of drug-likeness (QED) is 0.0962. The second-order valence-corrected chi connectivity index (χ2v) is 10.7. The first kappa shape index (κ1) is 34.4. The third kappa shape index (κ3) is 12.1. The highest BCUT2D eigenvalue weighted by atomic mass is 16.7. The van der Waals surface area contributed by atoms with Gasteiger partial charge in [0, 0.05) is 7.11 Å². The molecule has 45 heavy (non-hydrogen) atoms. The molecule has 5 atom stereocenters. The Balaban J connectivity index is 1.62. The number of hydrogen-bond acceptors (Lipinski definition) is 8. The average Bonchev–Trinajstić information content (AvgIpc) is 3.09. The molecule has 0 fully saturated rings. The number of rotatable bonds is 21. The van der Waals surface area contributed by atoms with Gasteiger partial charge in [0.25, 0.3) is 0 Å². The van der Waals surface area contributed by atoms with Gasteiger partial charge in [0.1, 0.15) is 37.3 Å². The molecule has 8 nitrogen and oxygen atoms in total. The van der Waals surface area contributed by atoms with E-state index in [2.05, 4.69) is 0 Å². The van der Waals surface area contributed by atoms with E-state index in [-0.39, 0.29) is 39.8 Å². The summed E-state index contributed by atoms with van der Waals surface area (Å²) < 4.78 is 35.9. The Morgan fingerprint density at radius 2 is 0.778 bits per heavy atom. The molecule has 0 spiro atoms. The predicted molar refractivity (Wildman–Crippen MR) is 171 cm³/mol. The smallest absolute Gasteiger partial charge is 0.146 e. The maximum absolute atomic E-state index is 11.6. The molecular weight excluding hydrogens is 572 g/mol. The molecule has 4 aromatic carbocycles. The van der Waals surface area contributed by atoms with Crippen LogP contribution in [0.5, 0.6) is 0 Å². The second-order valence-electron chi connectivity index (χ2n) is 10.7. The largest absolute Gasteiger partial charge is 0.388 e. The summed E-state index contributed by atoms with van der Waals surface area (Å²) in [4.78, 5) is 0. The highest BCUT2D eigenvalue weighted by Gasteiger charge is 2.41. The van der Waals surface area contributed by atoms with Crippen molar-refractivity contribution < 1.29 is 38.6 Å². The molecular formula is C37H44O8. The molecule has 4 rings (SSSR count). The van der Waals surface area contributed by atoms with Crippen LogP contribution in [-0.2, 0) is 54.8 Å². The minimum atomic E-state index is -1.13. The van der Waals surface area contributed by atoms with Gasteiger partial charge in [-0.1, -0.05) is 121 Å². The SMILES string of the molecule is COCOC[C@@H](O)[C@H](OCc1ccccc1)[C@H](OCc1ccccc1)[C@H](OCc1ccccc1)[C@H](O)COCc1ccccc1. The van der Waals surface area contributed by atoms with Crippen molar-refractivity contribution in [3.8, 4) is 0 Å². The van der Waals surface area contributed by atoms with Crippen molar-refractivity contribution >= 4 is 0 Å². The van der Waals surface area contributed by atoms with E-state index in [4.69, 9.17) is 28.4 Å². The number of methoxy groups -OCH3 is 1. The molecule has 4 aromatic rings. The van der Waals surface area contributed by atoms with E-state index in [9.17, 15) is 10.2 Å². The summed E-state index contributed by atoms with van der Waals surface area (Å²) in [5.41, 5.74) is 3.75. The first-order chi connectivity index (χ1) is 22.1. The predicted octanol–water partition coefficient (Wildman–Crippen LogP) is 5.30. The number of ether oxygens (including phenoxy) is 6. The lowest BCUT2D eigenvalue weighted by molar-refractivity contribution is -0.213. The van der Waals surface area contributed by atoms with Crippen LogP contribution < -0.4 is 0 Å². The van der Waals surface area contributed by atoms with E-state index in [0.717, 1.165) is 22.3 Å². The van der Waals surface area contributed by atoms with Crippen LogP contribution in [0, 0.1) is 0 Å². The van der Waals surface area contributed by atoms with Crippen LogP contribution in [0.1, 0.15) is 22.3 Å². The standard InChI is InChI=1S/C37H44O8/c1-40-28-42-27-34(39)36(44-24-31-18-10-4-11-19-31)37(45-25-32-20-12-5-13-21-32)35(43-23-30-16-8-3-9-17-30)33(38)26-41-22-29-14-6-2-7-15-29/h2-21,33-39H,22-28H2,1H3/t33-,34-,35-,36+,37-/m1/s1. The second kappa shape index (κ2) is 19.8. The third-order valence-corrected chi connectivity index (χ3v) is 7.15. The molecule has 8 heteroatoms. The highest BCUT2D eigenvalue weighted by Crippen LogP contribution is 2.24. The molecule has 0 bridgehead atoms. The van der Waals surface area contributed by atoms with Crippen molar-refractivity contribution in [1.29, 1.82) is 0 Å². The number of benzene rings is 4. The van der Waals surface area contributed by atoms with E-state index in [0.29, 0.717) is 6.61 Å². The summed E-state index contributed by atoms with van der Waals surface area (Å²) in [6, 6.07) is 38.8. The van der Waals surface area contributed by atoms with Gasteiger partial charge < -0.3 is 38.6 Å². The summed E-state index contributed by atoms with van der Waals surface area (Å²) in [6.45, 7) is 0.817. The zero-order valence-electron chi connectivity index (χ0n) is 25.7. The van der Waals surface area contributed by atoms with Gasteiger partial charge in [-0.05, 0) is 22.3 Å². The Morgan fingerprint density at radius 1 is 0.444 bits per heavy atom. The Labute approximate surface area is 266 Å². The molecule has 240 valence electrons. The molecule has 0 radical (unpaired) electrons. The summed E-state index contributed by atoms with van der Waals surface area (Å²) in [6.07, 6.45) is -5.06. The minimum Gasteiger partial charge on any atom is -0.388 e. The zero-order valence-corrected chi connectivity index (χ0v) is 25.7. The minimum absolute atomic E-state index is 0.00188. The van der Waals surface area contributed by atoms with Crippen LogP contribution in [-0.4, -0.2) is 67.8 Å². The molecule has 0 unspecified atom stereocenters. The number of aliphatic hydroxyl groups is 2. The van der Waals surface area contributed by atoms with E-state index < -0.39 is 30.5 Å². The summed E-state index contributed by atoms with van der Waals surface area (Å²) in [7, 11) is 1.51. The van der Waals surface area contributed by atoms with Crippen molar-refractivity contribution in [2.24, 2.45) is 0 Å². The highest BCUT2D eigenvalue weighted by molar-refractivity contribution is 5.16. The normalized spacial score (nSPS) is 14.8. The van der Waals surface area contributed by atoms with Crippen molar-refractivity contribution in [3.63, 3.8) is 0 Å². The average molecular weight is 617 g/mol. The van der Waals surface area contributed by atoms with Gasteiger partial charge in [-0.2, -0.15) is 0 Å². The van der Waals surface area contributed by atoms with Crippen LogP contribution in [0.2, 0.25) is 0 Å². The molecule has 0 saturated heterocycles. The molecule has 0 aliphatic heterocycles. The first-order valence-corrected chi connectivity index (χ1v) is 15.1. The molecule has 0 saturated carbocycles. The van der Waals surface area contributed by atoms with Crippen LogP contribution in [0.4, 0.5) is 0 Å². The van der Waals surface area contributed by atoms with Crippen LogP contribution in [0.25, 0.3) is 0 Å². The lowest BCUT2D eigenvalue weighted by atomic mass is 9.98. The summed E-state index contributed by atoms with van der Waals surface area (Å²) >= 11 is 0. The van der Waals surface area contributed by atoms with E-state index in [1.807, 2.05) is 121 Å². The Kier molecular flexibility index (Phi) is 15.2. The van der Waals surface area contributed by atoms with Crippen LogP contribution >= 0.6 is 0 Å². The lowest BCUT2D eigenvalue weighted by Gasteiger charge is -2.38. The monoisotopic (exact) mass is 616 g/mol. The Hall–Kier alpha value is -3.44. The summed E-state index contributed by atoms with van der Waals surface area (Å²) in [5.74, 6) is 0. The first-order valence-electron chi connectivity index (χ1n) is 15.1. The van der Waals surface area contributed by atoms with E-state index >= 15 is 0 Å². The van der Waals surface area contributed by atoms with Gasteiger partial charge in [0.2, 0.25) is 0 Å². The topological polar surface area (TPSA) is 95.8 Å². The fraction of sp³-hybridized carbons (Fsp3) is 0.351. The Morgan fingerprint density at radius 3 is 1.16 bits per heavy atom. The number of aliphatic hydroxyl groups excluding tert-OH is 2. The summed E-state index contributed by atoms with van der Waals surface area (Å²) in [5, 5.41) is 23.1. The van der Waals surface area contributed by atoms with Gasteiger partial charge in [0.15, 0.2) is 0 Å². The van der Waals surface area contributed by atoms with Gasteiger partial charge in [-0.15, -0.1) is 0 Å². The number of hydrogen-bond donors (Lipinski definition) is 2. The van der Waals surface area contributed by atoms with Crippen LogP contribution in [0.15, 0.2) is 121 Å². The van der Waals surface area contributed by atoms with Crippen molar-refractivity contribution in [2.75, 3.05) is 27.1 Å². The molecule has 0 amide bonds. The third-order valence-electron chi connectivity index (χ3n) is 7.15. The van der Waals surface area contributed by atoms with Gasteiger partial charge in [-0.25, -0.2) is 0 Å². The molecule has 0 aliphatic rings. The Bertz CT molecular complexity index is 1290. The van der Waals surface area contributed by atoms with Gasteiger partial charge >= 0.3 is 0 Å². The maximum Gasteiger partial charge on any atom is 0.146 e. The fourth-order valence-electron chi connectivity index (χ4n) is 4.84. The van der Waals surface area contributed by atoms with Crippen molar-refractivity contribution in [3.05, 3.63) is 144 Å². The van der Waals surface area contributed by atoms with E-state index in [1.165, 1.54) is 7.11 Å². The molecule has 0 aromatic heterocycles. The lowest BCUT2D eigenvalue weighted by Crippen LogP contribution is -2.54. The van der Waals surface area contributed by atoms with Gasteiger partial charge in [0.05, 0.1) is 39.6 Å². The van der Waals surface area contributed by atoms with Crippen LogP contribution in [0.3, 0.4) is 0 Å². The van der Waals surface area contributed by atoms with E-state index in [1.54, 1.807) is 0 Å². The van der Waals surface area contributed by atoms with Crippen molar-refractivity contribution in [1.82, 2.24) is 0 Å². The fourth-order valence-corrected chi connectivity index (χ4v) is 4.84.